The molecule has 3 nitrogen and oxygen atoms in total. The number of hydrogen-bond donors (Lipinski definition) is 1. The van der Waals surface area contributed by atoms with Crippen molar-refractivity contribution in [2.24, 2.45) is 10.9 Å². The molecule has 0 spiro atoms. The van der Waals surface area contributed by atoms with Crippen molar-refractivity contribution in [3.8, 4) is 0 Å². The van der Waals surface area contributed by atoms with Crippen molar-refractivity contribution in [2.45, 2.75) is 51.9 Å². The van der Waals surface area contributed by atoms with Gasteiger partial charge in [0.1, 0.15) is 11.5 Å². The topological polar surface area (TPSA) is 41.5 Å². The van der Waals surface area contributed by atoms with Crippen molar-refractivity contribution < 1.29 is 4.79 Å². The summed E-state index contributed by atoms with van der Waals surface area (Å²) in [6, 6.07) is 8.37. The molecule has 1 N–H and O–H groups in total. The Morgan fingerprint density at radius 3 is 2.36 bits per heavy atom. The highest BCUT2D eigenvalue weighted by atomic mass is 16.2. The smallest absolute Gasteiger partial charge is 0.275 e. The number of aliphatic imine (C=N–C) groups is 1. The van der Waals surface area contributed by atoms with Crippen LogP contribution in [0.1, 0.15) is 57.6 Å². The summed E-state index contributed by atoms with van der Waals surface area (Å²) in [4.78, 5) is 16.6. The molecule has 0 atom stereocenters. The largest absolute Gasteiger partial charge is 0.308 e. The molecule has 3 heteroatoms. The minimum atomic E-state index is -0.0678. The Kier molecular flexibility index (Phi) is 3.90. The molecule has 1 heterocycles. The molecule has 116 valence electrons. The van der Waals surface area contributed by atoms with E-state index in [1.54, 1.807) is 0 Å². The quantitative estimate of drug-likeness (QED) is 0.822. The first-order valence-corrected chi connectivity index (χ1v) is 8.16. The number of carbonyl (C=O) groups is 1. The average Bonchev–Trinajstić information content (AvgIpc) is 3.09. The van der Waals surface area contributed by atoms with Crippen LogP contribution in [-0.4, -0.2) is 11.7 Å². The fraction of sp³-hybridized carbons (Fsp3) is 0.474. The summed E-state index contributed by atoms with van der Waals surface area (Å²) in [7, 11) is 0. The summed E-state index contributed by atoms with van der Waals surface area (Å²) in [5, 5.41) is 2.94. The van der Waals surface area contributed by atoms with Crippen molar-refractivity contribution in [3.63, 3.8) is 0 Å². The minimum absolute atomic E-state index is 0.0678. The van der Waals surface area contributed by atoms with E-state index in [-0.39, 0.29) is 11.3 Å². The number of nitrogens with one attached hydrogen (secondary N) is 1. The molecule has 0 unspecified atom stereocenters. The molecule has 1 amide bonds. The zero-order valence-electron chi connectivity index (χ0n) is 13.6. The molecule has 1 aliphatic heterocycles. The maximum Gasteiger partial charge on any atom is 0.275 e. The molecule has 1 aromatic rings. The molecule has 1 saturated carbocycles. The molecule has 0 saturated heterocycles. The standard InChI is InChI=1S/C19H24N2O/c1-19(2,3)15-10-8-13(9-11-15)12-16-18(22)21-17(20-16)14-6-4-5-7-14/h8-12,14H,4-7H2,1-3H3,(H,20,21,22)/b16-12+. The van der Waals surface area contributed by atoms with Gasteiger partial charge in [0.2, 0.25) is 0 Å². The molecule has 0 bridgehead atoms. The summed E-state index contributed by atoms with van der Waals surface area (Å²) >= 11 is 0. The second-order valence-corrected chi connectivity index (χ2v) is 7.33. The van der Waals surface area contributed by atoms with Gasteiger partial charge in [-0.15, -0.1) is 0 Å². The van der Waals surface area contributed by atoms with Crippen LogP contribution in [0.4, 0.5) is 0 Å². The Bertz CT molecular complexity index is 626. The van der Waals surface area contributed by atoms with E-state index in [1.165, 1.54) is 18.4 Å². The highest BCUT2D eigenvalue weighted by Crippen LogP contribution is 2.28. The van der Waals surface area contributed by atoms with Crippen LogP contribution in [0.15, 0.2) is 35.0 Å². The zero-order valence-corrected chi connectivity index (χ0v) is 13.6. The van der Waals surface area contributed by atoms with E-state index < -0.39 is 0 Å². The van der Waals surface area contributed by atoms with Crippen molar-refractivity contribution in [1.29, 1.82) is 0 Å². The van der Waals surface area contributed by atoms with Gasteiger partial charge in [-0.05, 0) is 35.5 Å². The van der Waals surface area contributed by atoms with Crippen LogP contribution in [0.25, 0.3) is 6.08 Å². The van der Waals surface area contributed by atoms with E-state index in [0.717, 1.165) is 24.2 Å². The van der Waals surface area contributed by atoms with E-state index in [2.05, 4.69) is 55.3 Å². The lowest BCUT2D eigenvalue weighted by Gasteiger charge is -2.18. The van der Waals surface area contributed by atoms with Gasteiger partial charge in [0, 0.05) is 5.92 Å². The molecule has 2 aliphatic rings. The summed E-state index contributed by atoms with van der Waals surface area (Å²) in [5.41, 5.74) is 2.99. The van der Waals surface area contributed by atoms with Gasteiger partial charge in [0.15, 0.2) is 0 Å². The Morgan fingerprint density at radius 2 is 1.77 bits per heavy atom. The van der Waals surface area contributed by atoms with Gasteiger partial charge in [0.25, 0.3) is 5.91 Å². The molecule has 0 aromatic heterocycles. The van der Waals surface area contributed by atoms with Crippen LogP contribution >= 0.6 is 0 Å². The van der Waals surface area contributed by atoms with E-state index in [4.69, 9.17) is 0 Å². The second-order valence-electron chi connectivity index (χ2n) is 7.33. The van der Waals surface area contributed by atoms with E-state index in [0.29, 0.717) is 11.6 Å². The fourth-order valence-corrected chi connectivity index (χ4v) is 3.12. The fourth-order valence-electron chi connectivity index (χ4n) is 3.12. The van der Waals surface area contributed by atoms with E-state index >= 15 is 0 Å². The Hall–Kier alpha value is -1.90. The lowest BCUT2D eigenvalue weighted by Crippen LogP contribution is -2.29. The lowest BCUT2D eigenvalue weighted by atomic mass is 9.87. The van der Waals surface area contributed by atoms with Crippen LogP contribution in [0.3, 0.4) is 0 Å². The first-order chi connectivity index (χ1) is 10.4. The van der Waals surface area contributed by atoms with Crippen molar-refractivity contribution in [3.05, 3.63) is 41.1 Å². The normalized spacial score (nSPS) is 21.3. The number of rotatable bonds is 2. The maximum atomic E-state index is 12.1. The summed E-state index contributed by atoms with van der Waals surface area (Å²) in [6.07, 6.45) is 6.66. The number of carbonyl (C=O) groups excluding carboxylic acids is 1. The average molecular weight is 296 g/mol. The predicted octanol–water partition coefficient (Wildman–Crippen LogP) is 4.04. The van der Waals surface area contributed by atoms with E-state index in [9.17, 15) is 4.79 Å². The van der Waals surface area contributed by atoms with Crippen LogP contribution in [0, 0.1) is 5.92 Å². The molecular formula is C19H24N2O. The number of hydrogen-bond acceptors (Lipinski definition) is 2. The van der Waals surface area contributed by atoms with Crippen LogP contribution in [-0.2, 0) is 10.2 Å². The Balaban J connectivity index is 1.80. The number of amidine groups is 1. The number of benzene rings is 1. The number of amides is 1. The van der Waals surface area contributed by atoms with Crippen LogP contribution in [0.2, 0.25) is 0 Å². The van der Waals surface area contributed by atoms with Gasteiger partial charge in [0.05, 0.1) is 0 Å². The molecule has 0 radical (unpaired) electrons. The molecule has 1 aliphatic carbocycles. The lowest BCUT2D eigenvalue weighted by molar-refractivity contribution is -0.115. The molecule has 22 heavy (non-hydrogen) atoms. The maximum absolute atomic E-state index is 12.1. The summed E-state index contributed by atoms with van der Waals surface area (Å²) < 4.78 is 0. The van der Waals surface area contributed by atoms with Crippen LogP contribution < -0.4 is 5.32 Å². The number of nitrogens with zero attached hydrogens (tertiary/aromatic N) is 1. The monoisotopic (exact) mass is 296 g/mol. The van der Waals surface area contributed by atoms with Gasteiger partial charge in [-0.3, -0.25) is 4.79 Å². The Morgan fingerprint density at radius 1 is 1.14 bits per heavy atom. The van der Waals surface area contributed by atoms with Gasteiger partial charge in [-0.25, -0.2) is 4.99 Å². The molecule has 1 fully saturated rings. The third-order valence-electron chi connectivity index (χ3n) is 4.54. The first kappa shape index (κ1) is 15.0. The minimum Gasteiger partial charge on any atom is -0.308 e. The summed E-state index contributed by atoms with van der Waals surface area (Å²) in [6.45, 7) is 6.59. The predicted molar refractivity (Wildman–Crippen MR) is 90.7 cm³/mol. The molecule has 1 aromatic carbocycles. The highest BCUT2D eigenvalue weighted by molar-refractivity contribution is 6.15. The van der Waals surface area contributed by atoms with Crippen molar-refractivity contribution in [1.82, 2.24) is 5.32 Å². The van der Waals surface area contributed by atoms with Gasteiger partial charge in [-0.2, -0.15) is 0 Å². The van der Waals surface area contributed by atoms with E-state index in [1.807, 2.05) is 6.08 Å². The van der Waals surface area contributed by atoms with Gasteiger partial charge in [-0.1, -0.05) is 57.9 Å². The third kappa shape index (κ3) is 3.13. The van der Waals surface area contributed by atoms with Crippen LogP contribution in [0.5, 0.6) is 0 Å². The summed E-state index contributed by atoms with van der Waals surface area (Å²) in [5.74, 6) is 1.25. The first-order valence-electron chi connectivity index (χ1n) is 8.16. The SMILES string of the molecule is CC(C)(C)c1ccc(/C=C2/N=C(C3CCCC3)NC2=O)cc1. The highest BCUT2D eigenvalue weighted by Gasteiger charge is 2.28. The molecule has 3 rings (SSSR count). The third-order valence-corrected chi connectivity index (χ3v) is 4.54. The van der Waals surface area contributed by atoms with Gasteiger partial charge < -0.3 is 5.32 Å². The molecular weight excluding hydrogens is 272 g/mol. The Labute approximate surface area is 132 Å². The van der Waals surface area contributed by atoms with Gasteiger partial charge >= 0.3 is 0 Å². The van der Waals surface area contributed by atoms with Crippen molar-refractivity contribution in [2.75, 3.05) is 0 Å². The van der Waals surface area contributed by atoms with Crippen molar-refractivity contribution >= 4 is 17.8 Å². The second kappa shape index (κ2) is 5.71. The zero-order chi connectivity index (χ0) is 15.7.